The van der Waals surface area contributed by atoms with Gasteiger partial charge in [0, 0.05) is 24.4 Å². The Labute approximate surface area is 174 Å². The molecule has 0 radical (unpaired) electrons. The van der Waals surface area contributed by atoms with E-state index in [0.29, 0.717) is 23.1 Å². The van der Waals surface area contributed by atoms with E-state index in [9.17, 15) is 19.5 Å². The van der Waals surface area contributed by atoms with E-state index in [1.807, 2.05) is 6.07 Å². The summed E-state index contributed by atoms with van der Waals surface area (Å²) in [6, 6.07) is 17.3. The van der Waals surface area contributed by atoms with E-state index in [4.69, 9.17) is 0 Å². The Bertz CT molecular complexity index is 1120. The predicted molar refractivity (Wildman–Crippen MR) is 114 cm³/mol. The molecule has 0 spiro atoms. The number of aromatic nitrogens is 1. The van der Waals surface area contributed by atoms with Crippen LogP contribution in [0.4, 0.5) is 0 Å². The minimum Gasteiger partial charge on any atom is -0.507 e. The summed E-state index contributed by atoms with van der Waals surface area (Å²) in [6.07, 6.45) is 2.03. The average molecular weight is 405 g/mol. The van der Waals surface area contributed by atoms with Crippen LogP contribution in [0.2, 0.25) is 0 Å². The van der Waals surface area contributed by atoms with Crippen LogP contribution in [0.1, 0.15) is 11.1 Å². The van der Waals surface area contributed by atoms with Crippen molar-refractivity contribution in [2.24, 2.45) is 0 Å². The number of pyridine rings is 1. The van der Waals surface area contributed by atoms with Gasteiger partial charge in [0.2, 0.25) is 6.41 Å². The van der Waals surface area contributed by atoms with Gasteiger partial charge in [-0.3, -0.25) is 14.4 Å². The zero-order valence-electron chi connectivity index (χ0n) is 16.8. The van der Waals surface area contributed by atoms with E-state index < -0.39 is 11.4 Å². The van der Waals surface area contributed by atoms with Gasteiger partial charge in [0.1, 0.15) is 5.75 Å². The van der Waals surface area contributed by atoms with Crippen molar-refractivity contribution in [1.29, 1.82) is 0 Å². The Hall–Kier alpha value is -3.87. The van der Waals surface area contributed by atoms with Gasteiger partial charge in [0.15, 0.2) is 5.54 Å². The molecule has 0 aliphatic rings. The molecule has 1 unspecified atom stereocenters. The first-order valence-electron chi connectivity index (χ1n) is 9.41. The highest BCUT2D eigenvalue weighted by atomic mass is 16.3. The van der Waals surface area contributed by atoms with E-state index in [0.717, 1.165) is 5.56 Å². The monoisotopic (exact) mass is 405 g/mol. The van der Waals surface area contributed by atoms with Crippen molar-refractivity contribution in [3.8, 4) is 16.9 Å². The fourth-order valence-corrected chi connectivity index (χ4v) is 3.49. The van der Waals surface area contributed by atoms with Crippen molar-refractivity contribution in [2.45, 2.75) is 19.0 Å². The summed E-state index contributed by atoms with van der Waals surface area (Å²) in [5.41, 5.74) is 0.690. The third kappa shape index (κ3) is 3.82. The van der Waals surface area contributed by atoms with Gasteiger partial charge in [-0.15, -0.1) is 0 Å². The predicted octanol–water partition coefficient (Wildman–Crippen LogP) is 1.92. The summed E-state index contributed by atoms with van der Waals surface area (Å²) in [5, 5.41) is 15.3. The normalized spacial score (nSPS) is 12.6. The van der Waals surface area contributed by atoms with Crippen molar-refractivity contribution >= 4 is 12.3 Å². The molecule has 0 fully saturated rings. The largest absolute Gasteiger partial charge is 0.507 e. The standard InChI is InChI=1S/C23H23N3O4/c1-16-6-5-13-26(21(16)29)14-23(25-15-27,22(30)24-2)18-11-9-17(10-12-18)19-7-3-4-8-20(19)28/h3-13,15,28H,14H2,1-2H3,(H,24,30)(H,25,27). The van der Waals surface area contributed by atoms with Gasteiger partial charge in [-0.25, -0.2) is 0 Å². The number of hydrogen-bond acceptors (Lipinski definition) is 4. The molecule has 1 heterocycles. The Balaban J connectivity index is 2.11. The second-order valence-corrected chi connectivity index (χ2v) is 6.97. The lowest BCUT2D eigenvalue weighted by Gasteiger charge is -2.32. The first kappa shape index (κ1) is 20.9. The molecule has 7 heteroatoms. The molecule has 2 amide bonds. The molecule has 0 saturated carbocycles. The molecule has 1 atom stereocenters. The lowest BCUT2D eigenvalue weighted by atomic mass is 9.87. The fourth-order valence-electron chi connectivity index (χ4n) is 3.49. The third-order valence-electron chi connectivity index (χ3n) is 5.13. The number of para-hydroxylation sites is 1. The first-order valence-corrected chi connectivity index (χ1v) is 9.41. The quantitative estimate of drug-likeness (QED) is 0.523. The van der Waals surface area contributed by atoms with Crippen LogP contribution in [0.25, 0.3) is 11.1 Å². The maximum Gasteiger partial charge on any atom is 0.253 e. The number of carbonyl (C=O) groups excluding carboxylic acids is 2. The lowest BCUT2D eigenvalue weighted by molar-refractivity contribution is -0.131. The minimum atomic E-state index is -1.49. The van der Waals surface area contributed by atoms with Crippen molar-refractivity contribution in [3.63, 3.8) is 0 Å². The molecule has 3 N–H and O–H groups in total. The number of benzene rings is 2. The topological polar surface area (TPSA) is 100 Å². The van der Waals surface area contributed by atoms with Crippen LogP contribution in [-0.2, 0) is 21.7 Å². The Morgan fingerprint density at radius 1 is 1.10 bits per heavy atom. The summed E-state index contributed by atoms with van der Waals surface area (Å²) in [4.78, 5) is 37.0. The van der Waals surface area contributed by atoms with Crippen molar-refractivity contribution in [2.75, 3.05) is 7.05 Å². The van der Waals surface area contributed by atoms with Gasteiger partial charge in [0.05, 0.1) is 6.54 Å². The lowest BCUT2D eigenvalue weighted by Crippen LogP contribution is -2.56. The van der Waals surface area contributed by atoms with Crippen LogP contribution in [-0.4, -0.2) is 29.0 Å². The van der Waals surface area contributed by atoms with Crippen LogP contribution < -0.4 is 16.2 Å². The van der Waals surface area contributed by atoms with E-state index in [1.165, 1.54) is 11.6 Å². The fraction of sp³-hybridized carbons (Fsp3) is 0.174. The molecule has 0 bridgehead atoms. The highest BCUT2D eigenvalue weighted by Gasteiger charge is 2.40. The number of nitrogens with zero attached hydrogens (tertiary/aromatic N) is 1. The van der Waals surface area contributed by atoms with E-state index >= 15 is 0 Å². The summed E-state index contributed by atoms with van der Waals surface area (Å²) in [6.45, 7) is 1.61. The van der Waals surface area contributed by atoms with Gasteiger partial charge >= 0.3 is 0 Å². The van der Waals surface area contributed by atoms with Gasteiger partial charge in [-0.05, 0) is 30.2 Å². The number of aryl methyl sites for hydroxylation is 1. The molecule has 0 saturated heterocycles. The minimum absolute atomic E-state index is 0.0815. The van der Waals surface area contributed by atoms with Gasteiger partial charge in [-0.1, -0.05) is 48.5 Å². The number of carbonyl (C=O) groups is 2. The maximum absolute atomic E-state index is 12.9. The molecular formula is C23H23N3O4. The molecule has 30 heavy (non-hydrogen) atoms. The number of nitrogens with one attached hydrogen (secondary N) is 2. The van der Waals surface area contributed by atoms with Crippen LogP contribution in [0.15, 0.2) is 71.7 Å². The third-order valence-corrected chi connectivity index (χ3v) is 5.13. The Morgan fingerprint density at radius 2 is 1.80 bits per heavy atom. The molecule has 3 aromatic rings. The zero-order valence-corrected chi connectivity index (χ0v) is 16.8. The van der Waals surface area contributed by atoms with E-state index in [2.05, 4.69) is 10.6 Å². The smallest absolute Gasteiger partial charge is 0.253 e. The van der Waals surface area contributed by atoms with Gasteiger partial charge in [0.25, 0.3) is 11.5 Å². The zero-order chi connectivity index (χ0) is 21.7. The molecular weight excluding hydrogens is 382 g/mol. The first-order chi connectivity index (χ1) is 14.4. The van der Waals surface area contributed by atoms with Crippen molar-refractivity contribution in [3.05, 3.63) is 88.3 Å². The summed E-state index contributed by atoms with van der Waals surface area (Å²) in [7, 11) is 1.47. The second-order valence-electron chi connectivity index (χ2n) is 6.97. The average Bonchev–Trinajstić information content (AvgIpc) is 2.76. The number of rotatable bonds is 7. The highest BCUT2D eigenvalue weighted by Crippen LogP contribution is 2.31. The number of hydrogen-bond donors (Lipinski definition) is 3. The molecule has 7 nitrogen and oxygen atoms in total. The Kier molecular flexibility index (Phi) is 6.01. The SMILES string of the molecule is CNC(=O)C(Cn1cccc(C)c1=O)(NC=O)c1ccc(-c2ccccc2O)cc1. The maximum atomic E-state index is 12.9. The summed E-state index contributed by atoms with van der Waals surface area (Å²) in [5.74, 6) is -0.321. The number of likely N-dealkylation sites (N-methyl/N-ethyl adjacent to an activating group) is 1. The van der Waals surface area contributed by atoms with E-state index in [1.54, 1.807) is 67.7 Å². The molecule has 2 aromatic carbocycles. The molecule has 3 rings (SSSR count). The number of phenolic OH excluding ortho intramolecular Hbond substituents is 1. The Morgan fingerprint density at radius 3 is 2.43 bits per heavy atom. The second kappa shape index (κ2) is 8.65. The van der Waals surface area contributed by atoms with Crippen LogP contribution in [0, 0.1) is 6.92 Å². The highest BCUT2D eigenvalue weighted by molar-refractivity contribution is 5.89. The summed E-state index contributed by atoms with van der Waals surface area (Å²) >= 11 is 0. The molecule has 0 aliphatic carbocycles. The van der Waals surface area contributed by atoms with Crippen LogP contribution in [0.5, 0.6) is 5.75 Å². The van der Waals surface area contributed by atoms with Gasteiger partial charge in [-0.2, -0.15) is 0 Å². The summed E-state index contributed by atoms with van der Waals surface area (Å²) < 4.78 is 1.40. The molecule has 0 aliphatic heterocycles. The molecule has 1 aromatic heterocycles. The van der Waals surface area contributed by atoms with Crippen molar-refractivity contribution < 1.29 is 14.7 Å². The van der Waals surface area contributed by atoms with Gasteiger partial charge < -0.3 is 20.3 Å². The van der Waals surface area contributed by atoms with Crippen molar-refractivity contribution in [1.82, 2.24) is 15.2 Å². The van der Waals surface area contributed by atoms with E-state index in [-0.39, 0.29) is 17.9 Å². The van der Waals surface area contributed by atoms with Crippen LogP contribution >= 0.6 is 0 Å². The van der Waals surface area contributed by atoms with Crippen LogP contribution in [0.3, 0.4) is 0 Å². The number of amides is 2. The number of phenols is 1. The molecule has 154 valence electrons. The number of aromatic hydroxyl groups is 1.